The Hall–Kier alpha value is -3.88. The normalized spacial score (nSPS) is 13.5. The number of nitrogens with zero attached hydrogens (tertiary/aromatic N) is 3. The van der Waals surface area contributed by atoms with Gasteiger partial charge in [0, 0.05) is 36.1 Å². The van der Waals surface area contributed by atoms with Crippen LogP contribution in [-0.4, -0.2) is 45.0 Å². The van der Waals surface area contributed by atoms with E-state index in [4.69, 9.17) is 0 Å². The SMILES string of the molecule is O=C(CN(C(=O)c1ccc([N+](=O)[O-])cc1)N1C(=O)CCC1=O)c1ccccc1. The Morgan fingerprint density at radius 2 is 1.50 bits per heavy atom. The molecule has 1 heterocycles. The maximum absolute atomic E-state index is 12.9. The lowest BCUT2D eigenvalue weighted by atomic mass is 10.1. The molecule has 0 aliphatic carbocycles. The molecule has 0 atom stereocenters. The molecule has 0 spiro atoms. The highest BCUT2D eigenvalue weighted by atomic mass is 16.6. The van der Waals surface area contributed by atoms with Crippen LogP contribution in [0.5, 0.6) is 0 Å². The van der Waals surface area contributed by atoms with Crippen LogP contribution in [0.15, 0.2) is 54.6 Å². The Balaban J connectivity index is 1.92. The fraction of sp³-hybridized carbons (Fsp3) is 0.158. The van der Waals surface area contributed by atoms with Gasteiger partial charge in [-0.15, -0.1) is 0 Å². The number of hydrogen-bond acceptors (Lipinski definition) is 6. The first-order valence-electron chi connectivity index (χ1n) is 8.39. The molecule has 2 aromatic rings. The number of rotatable bonds is 6. The molecule has 3 amide bonds. The van der Waals surface area contributed by atoms with Gasteiger partial charge in [0.25, 0.3) is 11.6 Å². The fourth-order valence-corrected chi connectivity index (χ4v) is 2.79. The molecule has 0 bridgehead atoms. The van der Waals surface area contributed by atoms with E-state index in [0.717, 1.165) is 17.1 Å². The summed E-state index contributed by atoms with van der Waals surface area (Å²) < 4.78 is 0. The van der Waals surface area contributed by atoms with Crippen LogP contribution in [0.4, 0.5) is 5.69 Å². The van der Waals surface area contributed by atoms with Gasteiger partial charge in [-0.3, -0.25) is 29.3 Å². The average molecular weight is 381 g/mol. The molecule has 9 heteroatoms. The third-order valence-corrected chi connectivity index (χ3v) is 4.22. The molecule has 0 unspecified atom stereocenters. The van der Waals surface area contributed by atoms with Crippen molar-refractivity contribution in [3.63, 3.8) is 0 Å². The zero-order valence-electron chi connectivity index (χ0n) is 14.6. The first-order chi connectivity index (χ1) is 13.4. The van der Waals surface area contributed by atoms with Gasteiger partial charge in [0.1, 0.15) is 6.54 Å². The number of hydrogen-bond donors (Lipinski definition) is 0. The molecule has 0 aromatic heterocycles. The first-order valence-corrected chi connectivity index (χ1v) is 8.39. The van der Waals surface area contributed by atoms with Gasteiger partial charge < -0.3 is 0 Å². The van der Waals surface area contributed by atoms with Crippen LogP contribution in [0, 0.1) is 10.1 Å². The second-order valence-corrected chi connectivity index (χ2v) is 6.06. The van der Waals surface area contributed by atoms with Crippen molar-refractivity contribution in [2.45, 2.75) is 12.8 Å². The molecule has 1 saturated heterocycles. The minimum absolute atomic E-state index is 0.0129. The monoisotopic (exact) mass is 381 g/mol. The van der Waals surface area contributed by atoms with Crippen molar-refractivity contribution < 1.29 is 24.1 Å². The van der Waals surface area contributed by atoms with E-state index in [1.165, 1.54) is 12.1 Å². The first kappa shape index (κ1) is 18.9. The molecule has 1 fully saturated rings. The number of ketones is 1. The van der Waals surface area contributed by atoms with Gasteiger partial charge in [-0.05, 0) is 12.1 Å². The Kier molecular flexibility index (Phi) is 5.25. The highest BCUT2D eigenvalue weighted by molar-refractivity contribution is 6.07. The standard InChI is InChI=1S/C19H15N3O6/c23-16(13-4-2-1-3-5-13)12-20(21-17(24)10-11-18(21)25)19(26)14-6-8-15(9-7-14)22(27)28/h1-9H,10-12H2. The lowest BCUT2D eigenvalue weighted by molar-refractivity contribution is -0.384. The molecular formula is C19H15N3O6. The number of hydrazine groups is 1. The van der Waals surface area contributed by atoms with Gasteiger partial charge in [0.05, 0.1) is 4.92 Å². The number of amides is 3. The lowest BCUT2D eigenvalue weighted by Gasteiger charge is -2.29. The van der Waals surface area contributed by atoms with Crippen molar-refractivity contribution in [3.05, 3.63) is 75.8 Å². The molecule has 2 aromatic carbocycles. The van der Waals surface area contributed by atoms with Gasteiger partial charge in [0.2, 0.25) is 11.8 Å². The largest absolute Gasteiger partial charge is 0.292 e. The third-order valence-electron chi connectivity index (χ3n) is 4.22. The summed E-state index contributed by atoms with van der Waals surface area (Å²) in [5.74, 6) is -2.40. The predicted molar refractivity (Wildman–Crippen MR) is 96.0 cm³/mol. The minimum Gasteiger partial charge on any atom is -0.292 e. The number of carbonyl (C=O) groups excluding carboxylic acids is 4. The minimum atomic E-state index is -0.775. The van der Waals surface area contributed by atoms with E-state index in [-0.39, 0.29) is 24.1 Å². The van der Waals surface area contributed by atoms with E-state index in [1.54, 1.807) is 30.3 Å². The van der Waals surface area contributed by atoms with E-state index >= 15 is 0 Å². The topological polar surface area (TPSA) is 118 Å². The van der Waals surface area contributed by atoms with E-state index in [1.807, 2.05) is 0 Å². The smallest absolute Gasteiger partial charge is 0.273 e. The van der Waals surface area contributed by atoms with Crippen molar-refractivity contribution in [1.82, 2.24) is 10.0 Å². The molecule has 1 aliphatic heterocycles. The third kappa shape index (κ3) is 3.78. The Labute approximate surface area is 159 Å². The van der Waals surface area contributed by atoms with Crippen LogP contribution in [0.2, 0.25) is 0 Å². The molecular weight excluding hydrogens is 366 g/mol. The molecule has 0 N–H and O–H groups in total. The zero-order valence-corrected chi connectivity index (χ0v) is 14.6. The maximum Gasteiger partial charge on any atom is 0.273 e. The number of nitro groups is 1. The number of carbonyl (C=O) groups is 4. The average Bonchev–Trinajstić information content (AvgIpc) is 3.04. The molecule has 9 nitrogen and oxygen atoms in total. The number of Topliss-reactive ketones (excluding diaryl/α,β-unsaturated/α-hetero) is 1. The highest BCUT2D eigenvalue weighted by Gasteiger charge is 2.38. The van der Waals surface area contributed by atoms with Crippen LogP contribution >= 0.6 is 0 Å². The Bertz CT molecular complexity index is 939. The number of non-ortho nitro benzene ring substituents is 1. The lowest BCUT2D eigenvalue weighted by Crippen LogP contribution is -2.51. The highest BCUT2D eigenvalue weighted by Crippen LogP contribution is 2.20. The summed E-state index contributed by atoms with van der Waals surface area (Å²) in [5.41, 5.74) is 0.124. The Morgan fingerprint density at radius 1 is 0.929 bits per heavy atom. The van der Waals surface area contributed by atoms with Crippen molar-refractivity contribution in [1.29, 1.82) is 0 Å². The maximum atomic E-state index is 12.9. The van der Waals surface area contributed by atoms with Crippen LogP contribution < -0.4 is 0 Å². The number of nitro benzene ring substituents is 1. The molecule has 3 rings (SSSR count). The van der Waals surface area contributed by atoms with Crippen LogP contribution in [0.1, 0.15) is 33.6 Å². The molecule has 0 radical (unpaired) electrons. The molecule has 142 valence electrons. The quantitative estimate of drug-likeness (QED) is 0.327. The second kappa shape index (κ2) is 7.78. The van der Waals surface area contributed by atoms with E-state index in [9.17, 15) is 29.3 Å². The summed E-state index contributed by atoms with van der Waals surface area (Å²) in [7, 11) is 0. The molecule has 1 aliphatic rings. The van der Waals surface area contributed by atoms with Gasteiger partial charge in [-0.1, -0.05) is 30.3 Å². The van der Waals surface area contributed by atoms with Crippen LogP contribution in [-0.2, 0) is 9.59 Å². The summed E-state index contributed by atoms with van der Waals surface area (Å²) in [6.45, 7) is -0.517. The zero-order chi connectivity index (χ0) is 20.3. The molecule has 28 heavy (non-hydrogen) atoms. The van der Waals surface area contributed by atoms with Crippen LogP contribution in [0.25, 0.3) is 0 Å². The van der Waals surface area contributed by atoms with Crippen molar-refractivity contribution >= 4 is 29.2 Å². The number of imide groups is 1. The summed E-state index contributed by atoms with van der Waals surface area (Å²) >= 11 is 0. The second-order valence-electron chi connectivity index (χ2n) is 6.06. The van der Waals surface area contributed by atoms with E-state index in [2.05, 4.69) is 0 Å². The summed E-state index contributed by atoms with van der Waals surface area (Å²) in [4.78, 5) is 59.9. The predicted octanol–water partition coefficient (Wildman–Crippen LogP) is 1.98. The van der Waals surface area contributed by atoms with Crippen molar-refractivity contribution in [2.75, 3.05) is 6.54 Å². The molecule has 0 saturated carbocycles. The van der Waals surface area contributed by atoms with E-state index < -0.39 is 35.0 Å². The fourth-order valence-electron chi connectivity index (χ4n) is 2.79. The Morgan fingerprint density at radius 3 is 2.04 bits per heavy atom. The van der Waals surface area contributed by atoms with E-state index in [0.29, 0.717) is 10.6 Å². The summed E-state index contributed by atoms with van der Waals surface area (Å²) in [6, 6.07) is 12.9. The van der Waals surface area contributed by atoms with Gasteiger partial charge in [0.15, 0.2) is 5.78 Å². The summed E-state index contributed by atoms with van der Waals surface area (Å²) in [6.07, 6.45) is -0.106. The number of benzene rings is 2. The van der Waals surface area contributed by atoms with Gasteiger partial charge in [-0.2, -0.15) is 5.01 Å². The summed E-state index contributed by atoms with van der Waals surface area (Å²) in [5, 5.41) is 12.3. The van der Waals surface area contributed by atoms with Crippen molar-refractivity contribution in [2.24, 2.45) is 0 Å². The van der Waals surface area contributed by atoms with Gasteiger partial charge in [-0.25, -0.2) is 5.01 Å². The van der Waals surface area contributed by atoms with Crippen LogP contribution in [0.3, 0.4) is 0 Å². The van der Waals surface area contributed by atoms with Crippen molar-refractivity contribution in [3.8, 4) is 0 Å². The van der Waals surface area contributed by atoms with Gasteiger partial charge >= 0.3 is 0 Å².